The molecule has 3 heteroatoms. The van der Waals surface area contributed by atoms with Gasteiger partial charge in [-0.25, -0.2) is 0 Å². The SMILES string of the molecule is CCCCCCCC[N+](CCCC)=C(C)N(C)C.[Br-]. The quantitative estimate of drug-likeness (QED) is 0.251. The van der Waals surface area contributed by atoms with Crippen LogP contribution in [0.4, 0.5) is 0 Å². The lowest BCUT2D eigenvalue weighted by Gasteiger charge is -2.14. The van der Waals surface area contributed by atoms with Gasteiger partial charge in [-0.1, -0.05) is 46.0 Å². The molecule has 2 nitrogen and oxygen atoms in total. The van der Waals surface area contributed by atoms with Crippen LogP contribution in [-0.2, 0) is 0 Å². The summed E-state index contributed by atoms with van der Waals surface area (Å²) in [6.45, 7) is 9.24. The molecule has 0 heterocycles. The minimum Gasteiger partial charge on any atom is -1.00 e. The second-order valence-corrected chi connectivity index (χ2v) is 5.55. The highest BCUT2D eigenvalue weighted by Gasteiger charge is 2.09. The first-order valence-corrected chi connectivity index (χ1v) is 7.89. The van der Waals surface area contributed by atoms with Crippen LogP contribution in [0, 0.1) is 0 Å². The summed E-state index contributed by atoms with van der Waals surface area (Å²) < 4.78 is 2.56. The number of halogens is 1. The fourth-order valence-corrected chi connectivity index (χ4v) is 2.15. The summed E-state index contributed by atoms with van der Waals surface area (Å²) in [5.74, 6) is 1.41. The van der Waals surface area contributed by atoms with Crippen LogP contribution in [-0.4, -0.2) is 42.5 Å². The number of hydrogen-bond acceptors (Lipinski definition) is 0. The summed E-state index contributed by atoms with van der Waals surface area (Å²) in [7, 11) is 4.30. The van der Waals surface area contributed by atoms with Crippen molar-refractivity contribution in [1.29, 1.82) is 0 Å². The highest BCUT2D eigenvalue weighted by molar-refractivity contribution is 5.73. The van der Waals surface area contributed by atoms with Crippen LogP contribution in [0.5, 0.6) is 0 Å². The highest BCUT2D eigenvalue weighted by Crippen LogP contribution is 2.05. The van der Waals surface area contributed by atoms with Crippen LogP contribution in [0.1, 0.15) is 72.1 Å². The lowest BCUT2D eigenvalue weighted by molar-refractivity contribution is -0.533. The van der Waals surface area contributed by atoms with Crippen LogP contribution in [0.25, 0.3) is 0 Å². The molecule has 0 spiro atoms. The summed E-state index contributed by atoms with van der Waals surface area (Å²) in [6, 6.07) is 0. The van der Waals surface area contributed by atoms with Crippen molar-refractivity contribution in [2.24, 2.45) is 0 Å². The van der Waals surface area contributed by atoms with Gasteiger partial charge in [-0.15, -0.1) is 0 Å². The molecule has 0 fully saturated rings. The third-order valence-corrected chi connectivity index (χ3v) is 3.67. The molecule has 0 atom stereocenters. The van der Waals surface area contributed by atoms with Gasteiger partial charge in [0.05, 0.1) is 27.2 Å². The standard InChI is InChI=1S/C16H35N2.BrH/c1-6-8-10-11-12-13-15-18(14-9-7-2)16(3)17(4)5;/h6-15H2,1-5H3;1H/q+1;/p-1. The Morgan fingerprint density at radius 2 is 1.26 bits per heavy atom. The van der Waals surface area contributed by atoms with Crippen LogP contribution in [0.3, 0.4) is 0 Å². The van der Waals surface area contributed by atoms with Gasteiger partial charge in [0, 0.05) is 6.92 Å². The molecule has 0 N–H and O–H groups in total. The molecule has 0 aromatic rings. The van der Waals surface area contributed by atoms with E-state index in [1.807, 2.05) is 0 Å². The Morgan fingerprint density at radius 3 is 1.79 bits per heavy atom. The topological polar surface area (TPSA) is 6.25 Å². The van der Waals surface area contributed by atoms with Crippen molar-refractivity contribution >= 4 is 5.84 Å². The fourth-order valence-electron chi connectivity index (χ4n) is 2.15. The van der Waals surface area contributed by atoms with Crippen LogP contribution in [0.2, 0.25) is 0 Å². The van der Waals surface area contributed by atoms with Gasteiger partial charge in [-0.2, -0.15) is 0 Å². The zero-order valence-electron chi connectivity index (χ0n) is 13.8. The predicted octanol–water partition coefficient (Wildman–Crippen LogP) is 1.14. The third kappa shape index (κ3) is 11.5. The van der Waals surface area contributed by atoms with Crippen molar-refractivity contribution < 1.29 is 21.6 Å². The Morgan fingerprint density at radius 1 is 0.789 bits per heavy atom. The number of rotatable bonds is 10. The summed E-state index contributed by atoms with van der Waals surface area (Å²) in [5, 5.41) is 0. The van der Waals surface area contributed by atoms with Crippen molar-refractivity contribution in [1.82, 2.24) is 4.90 Å². The Labute approximate surface area is 132 Å². The number of hydrogen-bond donors (Lipinski definition) is 0. The predicted molar refractivity (Wildman–Crippen MR) is 82.6 cm³/mol. The van der Waals surface area contributed by atoms with Crippen molar-refractivity contribution in [3.8, 4) is 0 Å². The van der Waals surface area contributed by atoms with E-state index in [0.717, 1.165) is 0 Å². The molecule has 0 aliphatic carbocycles. The molecule has 0 aliphatic heterocycles. The second kappa shape index (κ2) is 14.4. The molecule has 0 unspecified atom stereocenters. The molecule has 116 valence electrons. The maximum Gasteiger partial charge on any atom is 0.243 e. The van der Waals surface area contributed by atoms with Gasteiger partial charge in [0.15, 0.2) is 0 Å². The largest absolute Gasteiger partial charge is 1.00 e. The Bertz CT molecular complexity index is 225. The lowest BCUT2D eigenvalue weighted by Crippen LogP contribution is -3.00. The first kappa shape index (κ1) is 21.3. The van der Waals surface area contributed by atoms with E-state index in [0.29, 0.717) is 0 Å². The molecular formula is C16H35BrN2. The first-order valence-electron chi connectivity index (χ1n) is 7.89. The molecule has 0 radical (unpaired) electrons. The molecule has 0 amide bonds. The maximum atomic E-state index is 2.56. The minimum atomic E-state index is 0. The van der Waals surface area contributed by atoms with Crippen LogP contribution >= 0.6 is 0 Å². The Hall–Kier alpha value is -0.0500. The van der Waals surface area contributed by atoms with Crippen LogP contribution < -0.4 is 17.0 Å². The number of unbranched alkanes of at least 4 members (excludes halogenated alkanes) is 6. The van der Waals surface area contributed by atoms with Crippen molar-refractivity contribution in [3.63, 3.8) is 0 Å². The van der Waals surface area contributed by atoms with E-state index in [1.165, 1.54) is 70.3 Å². The van der Waals surface area contributed by atoms with E-state index in [-0.39, 0.29) is 17.0 Å². The summed E-state index contributed by atoms with van der Waals surface area (Å²) in [6.07, 6.45) is 10.9. The van der Waals surface area contributed by atoms with E-state index in [2.05, 4.69) is 44.3 Å². The minimum absolute atomic E-state index is 0. The summed E-state index contributed by atoms with van der Waals surface area (Å²) in [5.41, 5.74) is 0. The van der Waals surface area contributed by atoms with E-state index >= 15 is 0 Å². The van der Waals surface area contributed by atoms with E-state index in [1.54, 1.807) is 0 Å². The van der Waals surface area contributed by atoms with Gasteiger partial charge in [0.1, 0.15) is 0 Å². The van der Waals surface area contributed by atoms with Crippen molar-refractivity contribution in [2.45, 2.75) is 72.1 Å². The first-order chi connectivity index (χ1) is 8.63. The monoisotopic (exact) mass is 334 g/mol. The Kier molecular flexibility index (Phi) is 16.1. The molecule has 19 heavy (non-hydrogen) atoms. The molecule has 0 saturated heterocycles. The second-order valence-electron chi connectivity index (χ2n) is 5.55. The van der Waals surface area contributed by atoms with E-state index < -0.39 is 0 Å². The molecule has 0 bridgehead atoms. The van der Waals surface area contributed by atoms with Crippen molar-refractivity contribution in [2.75, 3.05) is 27.2 Å². The van der Waals surface area contributed by atoms with Gasteiger partial charge >= 0.3 is 0 Å². The average Bonchev–Trinajstić information content (AvgIpc) is 2.36. The van der Waals surface area contributed by atoms with E-state index in [9.17, 15) is 0 Å². The zero-order valence-corrected chi connectivity index (χ0v) is 15.4. The van der Waals surface area contributed by atoms with Crippen molar-refractivity contribution in [3.05, 3.63) is 0 Å². The smallest absolute Gasteiger partial charge is 0.243 e. The normalized spacial score (nSPS) is 11.8. The average molecular weight is 335 g/mol. The van der Waals surface area contributed by atoms with Gasteiger partial charge in [-0.05, 0) is 19.3 Å². The molecular weight excluding hydrogens is 300 g/mol. The summed E-state index contributed by atoms with van der Waals surface area (Å²) >= 11 is 0. The number of nitrogens with zero attached hydrogens (tertiary/aromatic N) is 2. The van der Waals surface area contributed by atoms with Crippen LogP contribution in [0.15, 0.2) is 0 Å². The molecule has 0 rings (SSSR count). The molecule has 0 saturated carbocycles. The van der Waals surface area contributed by atoms with Gasteiger partial charge < -0.3 is 17.0 Å². The third-order valence-electron chi connectivity index (χ3n) is 3.67. The van der Waals surface area contributed by atoms with E-state index in [4.69, 9.17) is 0 Å². The highest BCUT2D eigenvalue weighted by atomic mass is 79.9. The maximum absolute atomic E-state index is 2.56. The van der Waals surface area contributed by atoms with Gasteiger partial charge in [0.25, 0.3) is 0 Å². The lowest BCUT2D eigenvalue weighted by atomic mass is 10.1. The van der Waals surface area contributed by atoms with Gasteiger partial charge in [-0.3, -0.25) is 9.48 Å². The summed E-state index contributed by atoms with van der Waals surface area (Å²) in [4.78, 5) is 2.24. The molecule has 0 aromatic carbocycles. The molecule has 0 aliphatic rings. The fraction of sp³-hybridized carbons (Fsp3) is 0.938. The molecule has 0 aromatic heterocycles. The zero-order chi connectivity index (χ0) is 13.8. The Balaban J connectivity index is 0. The van der Waals surface area contributed by atoms with Gasteiger partial charge in [0.2, 0.25) is 5.84 Å². The number of amidine groups is 1.